The highest BCUT2D eigenvalue weighted by molar-refractivity contribution is 7.96. The Morgan fingerprint density at radius 1 is 0.479 bits per heavy atom. The van der Waals surface area contributed by atoms with Gasteiger partial charge >= 0.3 is 11.9 Å². The van der Waals surface area contributed by atoms with Crippen molar-refractivity contribution in [2.24, 2.45) is 11.8 Å². The molecule has 1 aliphatic carbocycles. The average molecular weight is 1060 g/mol. The summed E-state index contributed by atoms with van der Waals surface area (Å²) in [5, 5.41) is 34.9. The molecule has 5 amide bonds. The number of carbonyl (C=O) groups excluding carboxylic acids is 6. The largest absolute Gasteiger partial charge is 0.481 e. The number of aliphatic carboxylic acids is 2. The molecule has 0 spiro atoms. The Morgan fingerprint density at radius 3 is 1.41 bits per heavy atom. The van der Waals surface area contributed by atoms with E-state index in [0.29, 0.717) is 45.2 Å². The molecule has 20 nitrogen and oxygen atoms in total. The highest BCUT2D eigenvalue weighted by atomic mass is 32.1. The van der Waals surface area contributed by atoms with Gasteiger partial charge in [-0.2, -0.15) is 0 Å². The molecule has 0 aliphatic heterocycles. The topological polar surface area (TPSA) is 286 Å². The fraction of sp³-hybridized carbons (Fsp3) is 0.846. The summed E-state index contributed by atoms with van der Waals surface area (Å²) in [4.78, 5) is 95.4. The van der Waals surface area contributed by atoms with Crippen molar-refractivity contribution in [3.63, 3.8) is 0 Å². The number of carbonyl (C=O) groups is 8. The minimum atomic E-state index is -1.20. The van der Waals surface area contributed by atoms with Crippen LogP contribution in [0.2, 0.25) is 0 Å². The average Bonchev–Trinajstić information content (AvgIpc) is 3.36. The maximum atomic E-state index is 13.0. The summed E-state index contributed by atoms with van der Waals surface area (Å²) < 4.78 is 21.4. The van der Waals surface area contributed by atoms with E-state index in [-0.39, 0.29) is 131 Å². The van der Waals surface area contributed by atoms with Gasteiger partial charge in [-0.1, -0.05) is 89.9 Å². The van der Waals surface area contributed by atoms with E-state index in [1.807, 2.05) is 0 Å². The Hall–Kier alpha value is -3.89. The molecule has 73 heavy (non-hydrogen) atoms. The van der Waals surface area contributed by atoms with Crippen molar-refractivity contribution in [3.05, 3.63) is 0 Å². The standard InChI is InChI=1S/C52H94N6O14S/c1-53-44(52(68)73)20-18-19-29-54-47(61)39-71-36-35-70-33-31-56-48(62)40-72-37-34-69-32-30-55-46(60)28-27-43(51(66)67)58-50(65)42-25-23-41(24-26-42)38-57-45(59)21-16-14-12-10-8-6-4-2-3-5-7-9-11-13-15-17-22-49(63)64/h41-44,53H,2-40H2,1H3,(H,54,61)(H,55,60)(H,56,62)(H,57,59)(H,58,65)(H,63,64)(H,66,67)(H,68,73)/t41-,42-,43-,44-/m0/s1. The SMILES string of the molecule is CN[C@@H](CCCCNC(=O)COCCOCCNC(=O)COCCOCCNC(=O)CC[C@H](NC(=O)[C@H]1CC[C@H](CNC(=O)CCCCCCCCCCCCCCCCCCC(=O)O)CC1)C(=O)O)C(=O)S. The quantitative estimate of drug-likeness (QED) is 0.0287. The first-order valence-corrected chi connectivity index (χ1v) is 27.8. The van der Waals surface area contributed by atoms with E-state index in [4.69, 9.17) is 24.1 Å². The van der Waals surface area contributed by atoms with E-state index >= 15 is 0 Å². The number of likely N-dealkylation sites (N-methyl/N-ethyl adjacent to an activating group) is 1. The molecule has 0 aromatic carbocycles. The van der Waals surface area contributed by atoms with Crippen LogP contribution in [0.1, 0.15) is 173 Å². The molecule has 1 rings (SSSR count). The number of ether oxygens (including phenoxy) is 4. The maximum Gasteiger partial charge on any atom is 0.326 e. The third-order valence-corrected chi connectivity index (χ3v) is 13.2. The van der Waals surface area contributed by atoms with Crippen molar-refractivity contribution >= 4 is 59.2 Å². The van der Waals surface area contributed by atoms with Crippen LogP contribution in [0, 0.1) is 11.8 Å². The molecule has 1 aliphatic rings. The lowest BCUT2D eigenvalue weighted by atomic mass is 9.81. The smallest absolute Gasteiger partial charge is 0.326 e. The summed E-state index contributed by atoms with van der Waals surface area (Å²) in [5.41, 5.74) is 0. The number of rotatable bonds is 50. The summed E-state index contributed by atoms with van der Waals surface area (Å²) >= 11 is 3.83. The summed E-state index contributed by atoms with van der Waals surface area (Å²) in [7, 11) is 1.71. The Morgan fingerprint density at radius 2 is 0.932 bits per heavy atom. The van der Waals surface area contributed by atoms with E-state index in [1.54, 1.807) is 7.05 Å². The molecule has 0 heterocycles. The van der Waals surface area contributed by atoms with Crippen molar-refractivity contribution in [1.82, 2.24) is 31.9 Å². The van der Waals surface area contributed by atoms with Crippen molar-refractivity contribution in [2.75, 3.05) is 86.1 Å². The number of unbranched alkanes of at least 4 members (excludes halogenated alkanes) is 16. The van der Waals surface area contributed by atoms with Gasteiger partial charge in [-0.05, 0) is 77.2 Å². The van der Waals surface area contributed by atoms with Crippen molar-refractivity contribution in [1.29, 1.82) is 0 Å². The number of thiol groups is 1. The zero-order valence-electron chi connectivity index (χ0n) is 44.1. The first kappa shape index (κ1) is 67.1. The third-order valence-electron chi connectivity index (χ3n) is 12.9. The molecule has 0 unspecified atom stereocenters. The molecule has 1 saturated carbocycles. The van der Waals surface area contributed by atoms with E-state index < -0.39 is 18.0 Å². The van der Waals surface area contributed by atoms with Gasteiger partial charge in [0.25, 0.3) is 0 Å². The van der Waals surface area contributed by atoms with Gasteiger partial charge < -0.3 is 61.1 Å². The van der Waals surface area contributed by atoms with Crippen LogP contribution in [-0.2, 0) is 57.3 Å². The lowest BCUT2D eigenvalue weighted by molar-refractivity contribution is -0.143. The van der Waals surface area contributed by atoms with Gasteiger partial charge in [0.2, 0.25) is 34.7 Å². The van der Waals surface area contributed by atoms with Gasteiger partial charge in [-0.15, -0.1) is 12.6 Å². The number of amides is 5. The molecule has 0 radical (unpaired) electrons. The monoisotopic (exact) mass is 1060 g/mol. The number of hydrogen-bond acceptors (Lipinski definition) is 13. The van der Waals surface area contributed by atoms with Gasteiger partial charge in [0.05, 0.1) is 45.7 Å². The van der Waals surface area contributed by atoms with Crippen LogP contribution in [-0.4, -0.2) is 155 Å². The lowest BCUT2D eigenvalue weighted by Crippen LogP contribution is -2.45. The van der Waals surface area contributed by atoms with E-state index in [2.05, 4.69) is 44.5 Å². The predicted octanol–water partition coefficient (Wildman–Crippen LogP) is 4.99. The molecule has 0 bridgehead atoms. The molecule has 422 valence electrons. The number of hydrogen-bond donors (Lipinski definition) is 9. The van der Waals surface area contributed by atoms with Crippen LogP contribution < -0.4 is 31.9 Å². The van der Waals surface area contributed by atoms with Crippen LogP contribution in [0.15, 0.2) is 0 Å². The Labute approximate surface area is 440 Å². The Kier molecular flexibility index (Phi) is 42.9. The molecular weight excluding hydrogens is 965 g/mol. The summed E-state index contributed by atoms with van der Waals surface area (Å²) in [6.07, 6.45) is 24.3. The minimum Gasteiger partial charge on any atom is -0.481 e. The highest BCUT2D eigenvalue weighted by Gasteiger charge is 2.30. The van der Waals surface area contributed by atoms with Gasteiger partial charge in [-0.25, -0.2) is 4.79 Å². The fourth-order valence-corrected chi connectivity index (χ4v) is 8.67. The summed E-state index contributed by atoms with van der Waals surface area (Å²) in [5.74, 6) is -3.12. The minimum absolute atomic E-state index is 0.0571. The molecule has 0 aromatic heterocycles. The molecule has 1 fully saturated rings. The van der Waals surface area contributed by atoms with Crippen LogP contribution >= 0.6 is 12.6 Å². The fourth-order valence-electron chi connectivity index (χ4n) is 8.41. The molecule has 0 aromatic rings. The lowest BCUT2D eigenvalue weighted by Gasteiger charge is -2.28. The number of carboxylic acid groups (broad SMARTS) is 2. The van der Waals surface area contributed by atoms with Crippen molar-refractivity contribution < 1.29 is 67.5 Å². The number of carboxylic acids is 2. The van der Waals surface area contributed by atoms with Crippen LogP contribution in [0.4, 0.5) is 0 Å². The zero-order valence-corrected chi connectivity index (χ0v) is 45.0. The first-order valence-electron chi connectivity index (χ1n) is 27.3. The Bertz CT molecular complexity index is 1520. The second-order valence-corrected chi connectivity index (χ2v) is 19.5. The Balaban J connectivity index is 1.97. The molecule has 2 atom stereocenters. The number of nitrogens with one attached hydrogen (secondary N) is 6. The highest BCUT2D eigenvalue weighted by Crippen LogP contribution is 2.29. The zero-order chi connectivity index (χ0) is 53.6. The van der Waals surface area contributed by atoms with Crippen LogP contribution in [0.3, 0.4) is 0 Å². The van der Waals surface area contributed by atoms with Crippen LogP contribution in [0.5, 0.6) is 0 Å². The van der Waals surface area contributed by atoms with Crippen LogP contribution in [0.25, 0.3) is 0 Å². The second-order valence-electron chi connectivity index (χ2n) is 19.1. The van der Waals surface area contributed by atoms with E-state index in [9.17, 15) is 43.5 Å². The third kappa shape index (κ3) is 41.1. The molecule has 0 saturated heterocycles. The first-order chi connectivity index (χ1) is 35.3. The summed E-state index contributed by atoms with van der Waals surface area (Å²) in [6, 6.07) is -1.48. The van der Waals surface area contributed by atoms with Gasteiger partial charge in [0, 0.05) is 51.4 Å². The normalized spacial score (nSPS) is 15.2. The van der Waals surface area contributed by atoms with E-state index in [0.717, 1.165) is 64.2 Å². The second kappa shape index (κ2) is 46.6. The van der Waals surface area contributed by atoms with Crippen molar-refractivity contribution in [2.45, 2.75) is 185 Å². The molecular formula is C52H94N6O14S. The molecule has 21 heteroatoms. The molecule has 8 N–H and O–H groups in total. The van der Waals surface area contributed by atoms with Gasteiger partial charge in [0.1, 0.15) is 19.3 Å². The summed E-state index contributed by atoms with van der Waals surface area (Å²) in [6.45, 7) is 2.52. The van der Waals surface area contributed by atoms with Gasteiger partial charge in [-0.3, -0.25) is 33.6 Å². The van der Waals surface area contributed by atoms with E-state index in [1.165, 1.54) is 64.2 Å². The predicted molar refractivity (Wildman–Crippen MR) is 281 cm³/mol. The van der Waals surface area contributed by atoms with Crippen molar-refractivity contribution in [3.8, 4) is 0 Å². The maximum absolute atomic E-state index is 13.0. The van der Waals surface area contributed by atoms with Gasteiger partial charge in [0.15, 0.2) is 0 Å².